The van der Waals surface area contributed by atoms with Crippen LogP contribution in [0, 0.1) is 6.92 Å². The van der Waals surface area contributed by atoms with Crippen LogP contribution in [0.2, 0.25) is 0 Å². The SMILES string of the molecule is CC(=O)Nc1cc2c(=O)c(=C(O)c3ccc(C)nc3)ccn2n1. The molecule has 1 amide bonds. The molecule has 3 aromatic heterocycles. The first-order chi connectivity index (χ1) is 11.0. The van der Waals surface area contributed by atoms with Crippen LogP contribution >= 0.6 is 0 Å². The minimum atomic E-state index is -0.380. The van der Waals surface area contributed by atoms with Crippen molar-refractivity contribution in [2.75, 3.05) is 5.32 Å². The van der Waals surface area contributed by atoms with E-state index in [4.69, 9.17) is 0 Å². The van der Waals surface area contributed by atoms with E-state index in [0.717, 1.165) is 5.69 Å². The highest BCUT2D eigenvalue weighted by Crippen LogP contribution is 2.08. The number of nitrogens with one attached hydrogen (secondary N) is 1. The molecule has 0 atom stereocenters. The molecule has 0 radical (unpaired) electrons. The van der Waals surface area contributed by atoms with Gasteiger partial charge in [-0.15, -0.1) is 5.10 Å². The summed E-state index contributed by atoms with van der Waals surface area (Å²) in [5.74, 6) is -0.142. The topological polar surface area (TPSA) is 96.6 Å². The van der Waals surface area contributed by atoms with E-state index in [1.54, 1.807) is 18.3 Å². The number of pyridine rings is 2. The standard InChI is InChI=1S/C16H14N4O3/c1-9-3-4-11(8-17-9)15(22)12-5-6-20-13(16(12)23)7-14(19-20)18-10(2)21/h3-8,22H,1-2H3,(H,18,19,21). The summed E-state index contributed by atoms with van der Waals surface area (Å²) in [6.45, 7) is 3.19. The summed E-state index contributed by atoms with van der Waals surface area (Å²) in [5.41, 5.74) is 1.15. The summed E-state index contributed by atoms with van der Waals surface area (Å²) in [4.78, 5) is 27.7. The molecule has 0 saturated heterocycles. The van der Waals surface area contributed by atoms with Crippen molar-refractivity contribution in [1.82, 2.24) is 14.6 Å². The van der Waals surface area contributed by atoms with Crippen molar-refractivity contribution in [3.63, 3.8) is 0 Å². The maximum absolute atomic E-state index is 12.5. The molecule has 0 aliphatic rings. The zero-order valence-corrected chi connectivity index (χ0v) is 12.6. The van der Waals surface area contributed by atoms with E-state index < -0.39 is 0 Å². The molecule has 0 fully saturated rings. The molecule has 2 N–H and O–H groups in total. The number of amides is 1. The maximum atomic E-state index is 12.5. The van der Waals surface area contributed by atoms with Gasteiger partial charge in [-0.2, -0.15) is 0 Å². The van der Waals surface area contributed by atoms with Gasteiger partial charge in [0.05, 0.1) is 5.22 Å². The number of aliphatic hydroxyl groups excluding tert-OH is 1. The number of rotatable bonds is 2. The van der Waals surface area contributed by atoms with Crippen molar-refractivity contribution in [2.45, 2.75) is 13.8 Å². The molecule has 0 aliphatic carbocycles. The Balaban J connectivity index is 2.20. The van der Waals surface area contributed by atoms with Gasteiger partial charge in [0, 0.05) is 36.6 Å². The zero-order valence-electron chi connectivity index (χ0n) is 12.6. The number of aryl methyl sites for hydroxylation is 1. The fraction of sp³-hybridized carbons (Fsp3) is 0.125. The maximum Gasteiger partial charge on any atom is 0.222 e. The van der Waals surface area contributed by atoms with E-state index in [1.807, 2.05) is 6.92 Å². The summed E-state index contributed by atoms with van der Waals surface area (Å²) in [7, 11) is 0. The van der Waals surface area contributed by atoms with Gasteiger partial charge in [-0.1, -0.05) is 0 Å². The summed E-state index contributed by atoms with van der Waals surface area (Å²) in [5, 5.41) is 17.1. The Morgan fingerprint density at radius 3 is 2.74 bits per heavy atom. The van der Waals surface area contributed by atoms with Crippen molar-refractivity contribution in [1.29, 1.82) is 0 Å². The van der Waals surface area contributed by atoms with Gasteiger partial charge < -0.3 is 10.4 Å². The predicted octanol–water partition coefficient (Wildman–Crippen LogP) is 0.790. The molecular weight excluding hydrogens is 296 g/mol. The molecular formula is C16H14N4O3. The monoisotopic (exact) mass is 310 g/mol. The lowest BCUT2D eigenvalue weighted by Gasteiger charge is -2.00. The quantitative estimate of drug-likeness (QED) is 0.729. The lowest BCUT2D eigenvalue weighted by molar-refractivity contribution is -0.114. The van der Waals surface area contributed by atoms with Crippen LogP contribution in [0.1, 0.15) is 18.2 Å². The third-order valence-electron chi connectivity index (χ3n) is 3.34. The molecule has 3 rings (SSSR count). The molecule has 23 heavy (non-hydrogen) atoms. The molecule has 0 bridgehead atoms. The summed E-state index contributed by atoms with van der Waals surface area (Å²) >= 11 is 0. The van der Waals surface area contributed by atoms with E-state index in [2.05, 4.69) is 15.4 Å². The minimum absolute atomic E-state index is 0.146. The van der Waals surface area contributed by atoms with Crippen molar-refractivity contribution in [3.8, 4) is 0 Å². The molecule has 7 heteroatoms. The van der Waals surface area contributed by atoms with Crippen molar-refractivity contribution >= 4 is 23.0 Å². The molecule has 0 aliphatic heterocycles. The molecule has 3 heterocycles. The first-order valence-corrected chi connectivity index (χ1v) is 6.92. The van der Waals surface area contributed by atoms with Crippen LogP contribution < -0.4 is 16.0 Å². The molecule has 0 aromatic carbocycles. The van der Waals surface area contributed by atoms with Crippen LogP contribution in [0.15, 0.2) is 41.5 Å². The van der Waals surface area contributed by atoms with Crippen molar-refractivity contribution in [3.05, 3.63) is 63.4 Å². The van der Waals surface area contributed by atoms with Crippen LogP contribution in [0.4, 0.5) is 5.82 Å². The lowest BCUT2D eigenvalue weighted by atomic mass is 10.1. The molecule has 0 spiro atoms. The average molecular weight is 310 g/mol. The highest BCUT2D eigenvalue weighted by molar-refractivity contribution is 5.88. The van der Waals surface area contributed by atoms with Gasteiger partial charge in [0.15, 0.2) is 5.82 Å². The number of fused-ring (bicyclic) bond motifs is 1. The Hall–Kier alpha value is -3.22. The summed E-state index contributed by atoms with van der Waals surface area (Å²) < 4.78 is 1.36. The van der Waals surface area contributed by atoms with Crippen LogP contribution in [-0.4, -0.2) is 25.6 Å². The largest absolute Gasteiger partial charge is 0.506 e. The first kappa shape index (κ1) is 14.7. The van der Waals surface area contributed by atoms with Crippen molar-refractivity contribution < 1.29 is 9.90 Å². The highest BCUT2D eigenvalue weighted by Gasteiger charge is 2.10. The second kappa shape index (κ2) is 5.53. The second-order valence-electron chi connectivity index (χ2n) is 5.14. The normalized spacial score (nSPS) is 12.3. The average Bonchev–Trinajstić information content (AvgIpc) is 2.90. The number of anilines is 1. The number of aliphatic hydroxyl groups is 1. The van der Waals surface area contributed by atoms with Crippen LogP contribution in [0.25, 0.3) is 11.3 Å². The third-order valence-corrected chi connectivity index (χ3v) is 3.34. The number of hydrogen-bond acceptors (Lipinski definition) is 5. The fourth-order valence-corrected chi connectivity index (χ4v) is 2.23. The van der Waals surface area contributed by atoms with Gasteiger partial charge in [-0.05, 0) is 25.1 Å². The number of hydrogen-bond donors (Lipinski definition) is 2. The highest BCUT2D eigenvalue weighted by atomic mass is 16.3. The summed E-state index contributed by atoms with van der Waals surface area (Å²) in [6.07, 6.45) is 3.06. The van der Waals surface area contributed by atoms with E-state index in [9.17, 15) is 14.7 Å². The predicted molar refractivity (Wildman–Crippen MR) is 85.1 cm³/mol. The van der Waals surface area contributed by atoms with E-state index in [1.165, 1.54) is 29.8 Å². The number of carbonyl (C=O) groups is 1. The van der Waals surface area contributed by atoms with Gasteiger partial charge in [-0.25, -0.2) is 4.52 Å². The first-order valence-electron chi connectivity index (χ1n) is 6.92. The second-order valence-corrected chi connectivity index (χ2v) is 5.14. The van der Waals surface area contributed by atoms with E-state index in [-0.39, 0.29) is 33.6 Å². The van der Waals surface area contributed by atoms with E-state index >= 15 is 0 Å². The number of aromatic nitrogens is 3. The molecule has 0 unspecified atom stereocenters. The Morgan fingerprint density at radius 2 is 2.09 bits per heavy atom. The van der Waals surface area contributed by atoms with Gasteiger partial charge >= 0.3 is 0 Å². The number of nitrogens with zero attached hydrogens (tertiary/aromatic N) is 3. The van der Waals surface area contributed by atoms with Crippen LogP contribution in [-0.2, 0) is 4.79 Å². The van der Waals surface area contributed by atoms with E-state index in [0.29, 0.717) is 5.56 Å². The smallest absolute Gasteiger partial charge is 0.222 e. The lowest BCUT2D eigenvalue weighted by Crippen LogP contribution is -2.28. The summed E-state index contributed by atoms with van der Waals surface area (Å²) in [6, 6.07) is 6.39. The Bertz CT molecular complexity index is 1010. The molecule has 7 nitrogen and oxygen atoms in total. The van der Waals surface area contributed by atoms with Gasteiger partial charge in [0.1, 0.15) is 11.3 Å². The molecule has 3 aromatic rings. The number of carbonyl (C=O) groups excluding carboxylic acids is 1. The van der Waals surface area contributed by atoms with Crippen LogP contribution in [0.3, 0.4) is 0 Å². The zero-order chi connectivity index (χ0) is 16.6. The van der Waals surface area contributed by atoms with Gasteiger partial charge in [0.2, 0.25) is 11.3 Å². The Labute approximate surface area is 130 Å². The minimum Gasteiger partial charge on any atom is -0.506 e. The molecule has 0 saturated carbocycles. The van der Waals surface area contributed by atoms with Gasteiger partial charge in [0.25, 0.3) is 0 Å². The molecule has 116 valence electrons. The fourth-order valence-electron chi connectivity index (χ4n) is 2.23. The van der Waals surface area contributed by atoms with Gasteiger partial charge in [-0.3, -0.25) is 14.6 Å². The van der Waals surface area contributed by atoms with Crippen LogP contribution in [0.5, 0.6) is 0 Å². The third kappa shape index (κ3) is 2.76. The Morgan fingerprint density at radius 1 is 1.30 bits per heavy atom. The Kier molecular flexibility index (Phi) is 3.53. The van der Waals surface area contributed by atoms with Crippen molar-refractivity contribution in [2.24, 2.45) is 0 Å².